The van der Waals surface area contributed by atoms with Crippen LogP contribution >= 0.6 is 22.9 Å². The number of hydrogen-bond acceptors (Lipinski definition) is 3. The third-order valence-electron chi connectivity index (χ3n) is 3.71. The molecule has 2 aromatic rings. The molecule has 0 bridgehead atoms. The SMILES string of the molecule is ClCC1CCCCC1Nc1nc2ccccc2s1. The number of nitrogens with zero attached hydrogens (tertiary/aromatic N) is 1. The fourth-order valence-electron chi connectivity index (χ4n) is 2.67. The van der Waals surface area contributed by atoms with Crippen LogP contribution in [0.5, 0.6) is 0 Å². The van der Waals surface area contributed by atoms with Gasteiger partial charge in [0.15, 0.2) is 5.13 Å². The van der Waals surface area contributed by atoms with Crippen molar-refractivity contribution in [2.24, 2.45) is 5.92 Å². The van der Waals surface area contributed by atoms with Crippen molar-refractivity contribution in [1.82, 2.24) is 4.98 Å². The summed E-state index contributed by atoms with van der Waals surface area (Å²) in [4.78, 5) is 4.64. The minimum absolute atomic E-state index is 0.497. The smallest absolute Gasteiger partial charge is 0.184 e. The van der Waals surface area contributed by atoms with E-state index in [-0.39, 0.29) is 0 Å². The fraction of sp³-hybridized carbons (Fsp3) is 0.500. The molecule has 1 aliphatic carbocycles. The van der Waals surface area contributed by atoms with Crippen LogP contribution in [0.3, 0.4) is 0 Å². The van der Waals surface area contributed by atoms with Crippen molar-refractivity contribution in [3.05, 3.63) is 24.3 Å². The summed E-state index contributed by atoms with van der Waals surface area (Å²) in [5.41, 5.74) is 1.09. The normalized spacial score (nSPS) is 24.3. The van der Waals surface area contributed by atoms with E-state index in [1.165, 1.54) is 30.4 Å². The van der Waals surface area contributed by atoms with Gasteiger partial charge in [0.2, 0.25) is 0 Å². The monoisotopic (exact) mass is 280 g/mol. The van der Waals surface area contributed by atoms with Crippen LogP contribution in [-0.2, 0) is 0 Å². The van der Waals surface area contributed by atoms with Crippen molar-refractivity contribution in [2.75, 3.05) is 11.2 Å². The highest BCUT2D eigenvalue weighted by molar-refractivity contribution is 7.22. The summed E-state index contributed by atoms with van der Waals surface area (Å²) in [6, 6.07) is 8.78. The van der Waals surface area contributed by atoms with Crippen LogP contribution in [0.4, 0.5) is 5.13 Å². The van der Waals surface area contributed by atoms with Crippen molar-refractivity contribution < 1.29 is 0 Å². The Balaban J connectivity index is 1.78. The Kier molecular flexibility index (Phi) is 3.71. The first kappa shape index (κ1) is 12.2. The zero-order valence-corrected chi connectivity index (χ0v) is 11.8. The average molecular weight is 281 g/mol. The summed E-state index contributed by atoms with van der Waals surface area (Å²) in [5.74, 6) is 1.34. The lowest BCUT2D eigenvalue weighted by Gasteiger charge is -2.30. The van der Waals surface area contributed by atoms with Gasteiger partial charge in [-0.15, -0.1) is 11.6 Å². The molecule has 2 unspecified atom stereocenters. The first-order valence-electron chi connectivity index (χ1n) is 6.55. The van der Waals surface area contributed by atoms with Crippen LogP contribution in [0.15, 0.2) is 24.3 Å². The molecule has 0 radical (unpaired) electrons. The second-order valence-corrected chi connectivity index (χ2v) is 6.28. The van der Waals surface area contributed by atoms with Gasteiger partial charge in [-0.3, -0.25) is 0 Å². The van der Waals surface area contributed by atoms with Crippen LogP contribution in [0.2, 0.25) is 0 Å². The van der Waals surface area contributed by atoms with E-state index in [0.29, 0.717) is 12.0 Å². The third kappa shape index (κ3) is 2.47. The first-order chi connectivity index (χ1) is 8.86. The van der Waals surface area contributed by atoms with Gasteiger partial charge in [-0.05, 0) is 30.9 Å². The highest BCUT2D eigenvalue weighted by Crippen LogP contribution is 2.31. The topological polar surface area (TPSA) is 24.9 Å². The molecule has 1 fully saturated rings. The number of alkyl halides is 1. The fourth-order valence-corrected chi connectivity index (χ4v) is 3.97. The number of halogens is 1. The van der Waals surface area contributed by atoms with Gasteiger partial charge in [-0.2, -0.15) is 0 Å². The van der Waals surface area contributed by atoms with Gasteiger partial charge in [0.25, 0.3) is 0 Å². The number of benzene rings is 1. The van der Waals surface area contributed by atoms with E-state index in [1.54, 1.807) is 11.3 Å². The van der Waals surface area contributed by atoms with E-state index in [1.807, 2.05) is 6.07 Å². The van der Waals surface area contributed by atoms with E-state index in [4.69, 9.17) is 11.6 Å². The van der Waals surface area contributed by atoms with Gasteiger partial charge in [0.1, 0.15) is 0 Å². The molecular formula is C14H17ClN2S. The van der Waals surface area contributed by atoms with E-state index in [0.717, 1.165) is 16.5 Å². The van der Waals surface area contributed by atoms with Crippen LogP contribution in [0.1, 0.15) is 25.7 Å². The molecule has 1 N–H and O–H groups in total. The number of anilines is 1. The maximum atomic E-state index is 6.06. The Morgan fingerprint density at radius 3 is 2.94 bits per heavy atom. The molecule has 2 nitrogen and oxygen atoms in total. The molecule has 1 heterocycles. The number of para-hydroxylation sites is 1. The predicted octanol–water partition coefficient (Wildman–Crippen LogP) is 4.51. The Morgan fingerprint density at radius 1 is 1.28 bits per heavy atom. The second-order valence-electron chi connectivity index (χ2n) is 4.94. The van der Waals surface area contributed by atoms with E-state index < -0.39 is 0 Å². The van der Waals surface area contributed by atoms with Crippen molar-refractivity contribution in [1.29, 1.82) is 0 Å². The highest BCUT2D eigenvalue weighted by Gasteiger charge is 2.24. The molecule has 18 heavy (non-hydrogen) atoms. The number of fused-ring (bicyclic) bond motifs is 1. The third-order valence-corrected chi connectivity index (χ3v) is 5.07. The number of aromatic nitrogens is 1. The average Bonchev–Trinajstić information content (AvgIpc) is 2.81. The zero-order chi connectivity index (χ0) is 12.4. The Hall–Kier alpha value is -0.800. The summed E-state index contributed by atoms with van der Waals surface area (Å²) in [5, 5.41) is 4.63. The van der Waals surface area contributed by atoms with Gasteiger partial charge in [-0.1, -0.05) is 36.3 Å². The van der Waals surface area contributed by atoms with Gasteiger partial charge < -0.3 is 5.32 Å². The molecule has 1 aromatic carbocycles. The van der Waals surface area contributed by atoms with Gasteiger partial charge >= 0.3 is 0 Å². The lowest BCUT2D eigenvalue weighted by Crippen LogP contribution is -2.33. The Bertz CT molecular complexity index is 492. The summed E-state index contributed by atoms with van der Waals surface area (Å²) >= 11 is 7.80. The van der Waals surface area contributed by atoms with Gasteiger partial charge in [0.05, 0.1) is 10.2 Å². The molecule has 0 spiro atoms. The molecule has 96 valence electrons. The molecule has 1 aromatic heterocycles. The number of hydrogen-bond donors (Lipinski definition) is 1. The van der Waals surface area contributed by atoms with Crippen LogP contribution < -0.4 is 5.32 Å². The molecule has 1 saturated carbocycles. The first-order valence-corrected chi connectivity index (χ1v) is 7.90. The van der Waals surface area contributed by atoms with Crippen LogP contribution in [0.25, 0.3) is 10.2 Å². The molecular weight excluding hydrogens is 264 g/mol. The summed E-state index contributed by atoms with van der Waals surface area (Å²) in [7, 11) is 0. The molecule has 3 rings (SSSR count). The van der Waals surface area contributed by atoms with Gasteiger partial charge in [0, 0.05) is 11.9 Å². The highest BCUT2D eigenvalue weighted by atomic mass is 35.5. The lowest BCUT2D eigenvalue weighted by molar-refractivity contribution is 0.353. The van der Waals surface area contributed by atoms with Crippen LogP contribution in [0, 0.1) is 5.92 Å². The Labute approximate surface area is 116 Å². The maximum absolute atomic E-state index is 6.06. The van der Waals surface area contributed by atoms with E-state index in [9.17, 15) is 0 Å². The minimum atomic E-state index is 0.497. The number of nitrogens with one attached hydrogen (secondary N) is 1. The lowest BCUT2D eigenvalue weighted by atomic mass is 9.86. The number of rotatable bonds is 3. The van der Waals surface area contributed by atoms with Gasteiger partial charge in [-0.25, -0.2) is 4.98 Å². The van der Waals surface area contributed by atoms with Crippen molar-refractivity contribution in [3.63, 3.8) is 0 Å². The maximum Gasteiger partial charge on any atom is 0.184 e. The van der Waals surface area contributed by atoms with Crippen molar-refractivity contribution in [2.45, 2.75) is 31.7 Å². The molecule has 0 amide bonds. The van der Waals surface area contributed by atoms with E-state index >= 15 is 0 Å². The standard InChI is InChI=1S/C14H17ClN2S/c15-9-10-5-1-2-6-11(10)16-14-17-12-7-3-4-8-13(12)18-14/h3-4,7-8,10-11H,1-2,5-6,9H2,(H,16,17). The molecule has 0 aliphatic heterocycles. The Morgan fingerprint density at radius 2 is 2.11 bits per heavy atom. The summed E-state index contributed by atoms with van der Waals surface area (Å²) in [6.45, 7) is 0. The largest absolute Gasteiger partial charge is 0.358 e. The number of thiazole rings is 1. The van der Waals surface area contributed by atoms with Crippen molar-refractivity contribution >= 4 is 38.3 Å². The molecule has 2 atom stereocenters. The molecule has 4 heteroatoms. The molecule has 1 aliphatic rings. The van der Waals surface area contributed by atoms with E-state index in [2.05, 4.69) is 28.5 Å². The summed E-state index contributed by atoms with van der Waals surface area (Å²) in [6.07, 6.45) is 5.07. The summed E-state index contributed by atoms with van der Waals surface area (Å²) < 4.78 is 1.25. The zero-order valence-electron chi connectivity index (χ0n) is 10.2. The molecule has 0 saturated heterocycles. The second kappa shape index (κ2) is 5.45. The predicted molar refractivity (Wildman–Crippen MR) is 79.7 cm³/mol. The van der Waals surface area contributed by atoms with Crippen molar-refractivity contribution in [3.8, 4) is 0 Å². The van der Waals surface area contributed by atoms with Crippen LogP contribution in [-0.4, -0.2) is 16.9 Å². The quantitative estimate of drug-likeness (QED) is 0.837. The minimum Gasteiger partial charge on any atom is -0.358 e.